The van der Waals surface area contributed by atoms with Gasteiger partial charge in [-0.1, -0.05) is 20.8 Å². The Balaban J connectivity index is 3.62. The molecular weight excluding hydrogens is 128 g/mol. The average Bonchev–Trinajstić information content (AvgIpc) is 1.85. The van der Waals surface area contributed by atoms with Crippen LogP contribution in [0.2, 0.25) is 0 Å². The fraction of sp³-hybridized carbons (Fsp3) is 0.875. The summed E-state index contributed by atoms with van der Waals surface area (Å²) in [5.41, 5.74) is 0. The number of aliphatic hydroxyl groups excluding tert-OH is 1. The van der Waals surface area contributed by atoms with Crippen molar-refractivity contribution in [2.75, 3.05) is 0 Å². The molecular formula is C8H16O2. The average molecular weight is 144 g/mol. The van der Waals surface area contributed by atoms with Crippen LogP contribution in [0.3, 0.4) is 0 Å². The maximum Gasteiger partial charge on any atom is 0.161 e. The Morgan fingerprint density at radius 2 is 2.00 bits per heavy atom. The van der Waals surface area contributed by atoms with Crippen LogP contribution in [0.15, 0.2) is 0 Å². The first kappa shape index (κ1) is 9.63. The van der Waals surface area contributed by atoms with E-state index in [0.29, 0.717) is 18.8 Å². The molecule has 0 aromatic carbocycles. The van der Waals surface area contributed by atoms with E-state index in [1.807, 2.05) is 20.8 Å². The summed E-state index contributed by atoms with van der Waals surface area (Å²) in [5, 5.41) is 9.03. The van der Waals surface area contributed by atoms with Gasteiger partial charge in [0.1, 0.15) is 6.10 Å². The zero-order chi connectivity index (χ0) is 8.15. The summed E-state index contributed by atoms with van der Waals surface area (Å²) < 4.78 is 0. The summed E-state index contributed by atoms with van der Waals surface area (Å²) in [6, 6.07) is 0. The normalized spacial score (nSPS) is 13.7. The number of ketones is 1. The van der Waals surface area contributed by atoms with Gasteiger partial charge in [0.2, 0.25) is 0 Å². The van der Waals surface area contributed by atoms with Gasteiger partial charge in [-0.15, -0.1) is 0 Å². The van der Waals surface area contributed by atoms with E-state index in [1.165, 1.54) is 0 Å². The molecule has 0 aromatic heterocycles. The maximum atomic E-state index is 10.9. The van der Waals surface area contributed by atoms with Crippen molar-refractivity contribution in [3.8, 4) is 0 Å². The zero-order valence-electron chi connectivity index (χ0n) is 6.92. The summed E-state index contributed by atoms with van der Waals surface area (Å²) in [7, 11) is 0. The van der Waals surface area contributed by atoms with E-state index in [1.54, 1.807) is 0 Å². The highest BCUT2D eigenvalue weighted by Crippen LogP contribution is 2.04. The van der Waals surface area contributed by atoms with E-state index in [2.05, 4.69) is 0 Å². The quantitative estimate of drug-likeness (QED) is 0.647. The summed E-state index contributed by atoms with van der Waals surface area (Å²) in [6.07, 6.45) is 0.294. The Kier molecular flexibility index (Phi) is 4.28. The van der Waals surface area contributed by atoms with Crippen molar-refractivity contribution in [2.24, 2.45) is 5.92 Å². The lowest BCUT2D eigenvalue weighted by atomic mass is 10.0. The van der Waals surface area contributed by atoms with Crippen LogP contribution in [0.1, 0.15) is 33.6 Å². The molecule has 0 radical (unpaired) electrons. The molecule has 1 atom stereocenters. The third kappa shape index (κ3) is 3.62. The molecule has 60 valence electrons. The number of carbonyl (C=O) groups is 1. The molecule has 0 fully saturated rings. The van der Waals surface area contributed by atoms with Gasteiger partial charge in [-0.05, 0) is 12.3 Å². The van der Waals surface area contributed by atoms with Gasteiger partial charge >= 0.3 is 0 Å². The van der Waals surface area contributed by atoms with E-state index >= 15 is 0 Å². The molecule has 0 aliphatic carbocycles. The molecule has 0 amide bonds. The van der Waals surface area contributed by atoms with Gasteiger partial charge in [0, 0.05) is 6.42 Å². The Labute approximate surface area is 62.2 Å². The minimum Gasteiger partial charge on any atom is -0.385 e. The second-order valence-electron chi connectivity index (χ2n) is 2.99. The van der Waals surface area contributed by atoms with Crippen LogP contribution in [0, 0.1) is 5.92 Å². The van der Waals surface area contributed by atoms with E-state index in [0.717, 1.165) is 0 Å². The molecule has 1 N–H and O–H groups in total. The molecule has 0 heterocycles. The van der Waals surface area contributed by atoms with Crippen molar-refractivity contribution < 1.29 is 9.90 Å². The largest absolute Gasteiger partial charge is 0.385 e. The predicted octanol–water partition coefficient (Wildman–Crippen LogP) is 1.37. The van der Waals surface area contributed by atoms with Crippen molar-refractivity contribution in [2.45, 2.75) is 39.7 Å². The van der Waals surface area contributed by atoms with E-state index in [-0.39, 0.29) is 5.78 Å². The minimum absolute atomic E-state index is 0.0301. The van der Waals surface area contributed by atoms with Crippen LogP contribution in [0.5, 0.6) is 0 Å². The lowest BCUT2D eigenvalue weighted by molar-refractivity contribution is -0.127. The monoisotopic (exact) mass is 144 g/mol. The van der Waals surface area contributed by atoms with E-state index < -0.39 is 6.10 Å². The Morgan fingerprint density at radius 3 is 2.30 bits per heavy atom. The molecule has 0 bridgehead atoms. The molecule has 0 aromatic rings. The SMILES string of the molecule is CCC(O)C(=O)CC(C)C. The first-order chi connectivity index (χ1) is 4.57. The lowest BCUT2D eigenvalue weighted by Crippen LogP contribution is -2.20. The van der Waals surface area contributed by atoms with Crippen LogP contribution in [-0.4, -0.2) is 17.0 Å². The van der Waals surface area contributed by atoms with Crippen LogP contribution in [0.25, 0.3) is 0 Å². The molecule has 2 nitrogen and oxygen atoms in total. The topological polar surface area (TPSA) is 37.3 Å². The van der Waals surface area contributed by atoms with Gasteiger partial charge in [0.15, 0.2) is 5.78 Å². The van der Waals surface area contributed by atoms with Gasteiger partial charge in [0.05, 0.1) is 0 Å². The van der Waals surface area contributed by atoms with E-state index in [4.69, 9.17) is 5.11 Å². The van der Waals surface area contributed by atoms with Crippen LogP contribution in [0.4, 0.5) is 0 Å². The van der Waals surface area contributed by atoms with Crippen LogP contribution < -0.4 is 0 Å². The highest BCUT2D eigenvalue weighted by Gasteiger charge is 2.12. The number of carbonyl (C=O) groups excluding carboxylic acids is 1. The summed E-state index contributed by atoms with van der Waals surface area (Å²) >= 11 is 0. The maximum absolute atomic E-state index is 10.9. The molecule has 0 saturated carbocycles. The van der Waals surface area contributed by atoms with Gasteiger partial charge < -0.3 is 5.11 Å². The standard InChI is InChI=1S/C8H16O2/c1-4-7(9)8(10)5-6(2)3/h6-7,9H,4-5H2,1-3H3. The number of hydrogen-bond donors (Lipinski definition) is 1. The van der Waals surface area contributed by atoms with Crippen molar-refractivity contribution >= 4 is 5.78 Å². The van der Waals surface area contributed by atoms with Crippen molar-refractivity contribution in [3.05, 3.63) is 0 Å². The fourth-order valence-corrected chi connectivity index (χ4v) is 0.766. The predicted molar refractivity (Wildman–Crippen MR) is 40.8 cm³/mol. The molecule has 0 rings (SSSR count). The zero-order valence-corrected chi connectivity index (χ0v) is 6.92. The second-order valence-corrected chi connectivity index (χ2v) is 2.99. The molecule has 0 saturated heterocycles. The van der Waals surface area contributed by atoms with Gasteiger partial charge in [-0.25, -0.2) is 0 Å². The molecule has 1 unspecified atom stereocenters. The number of rotatable bonds is 4. The Hall–Kier alpha value is -0.370. The Morgan fingerprint density at radius 1 is 1.50 bits per heavy atom. The minimum atomic E-state index is -0.734. The van der Waals surface area contributed by atoms with Crippen LogP contribution >= 0.6 is 0 Å². The third-order valence-corrected chi connectivity index (χ3v) is 1.37. The molecule has 2 heteroatoms. The lowest BCUT2D eigenvalue weighted by Gasteiger charge is -2.07. The first-order valence-electron chi connectivity index (χ1n) is 3.78. The number of Topliss-reactive ketones (excluding diaryl/α,β-unsaturated/α-hetero) is 1. The van der Waals surface area contributed by atoms with E-state index in [9.17, 15) is 4.79 Å². The Bertz CT molecular complexity index is 108. The third-order valence-electron chi connectivity index (χ3n) is 1.37. The highest BCUT2D eigenvalue weighted by atomic mass is 16.3. The molecule has 0 spiro atoms. The molecule has 0 aliphatic heterocycles. The molecule has 0 aliphatic rings. The highest BCUT2D eigenvalue weighted by molar-refractivity contribution is 5.82. The van der Waals surface area contributed by atoms with Crippen molar-refractivity contribution in [1.82, 2.24) is 0 Å². The summed E-state index contributed by atoms with van der Waals surface area (Å²) in [6.45, 7) is 5.75. The number of aliphatic hydroxyl groups is 1. The fourth-order valence-electron chi connectivity index (χ4n) is 0.766. The summed E-state index contributed by atoms with van der Waals surface area (Å²) in [4.78, 5) is 10.9. The van der Waals surface area contributed by atoms with Crippen molar-refractivity contribution in [1.29, 1.82) is 0 Å². The smallest absolute Gasteiger partial charge is 0.161 e. The van der Waals surface area contributed by atoms with Gasteiger partial charge in [-0.3, -0.25) is 4.79 Å². The van der Waals surface area contributed by atoms with Gasteiger partial charge in [-0.2, -0.15) is 0 Å². The number of hydrogen-bond acceptors (Lipinski definition) is 2. The molecule has 10 heavy (non-hydrogen) atoms. The summed E-state index contributed by atoms with van der Waals surface area (Å²) in [5.74, 6) is 0.325. The van der Waals surface area contributed by atoms with Crippen LogP contribution in [-0.2, 0) is 4.79 Å². The van der Waals surface area contributed by atoms with Gasteiger partial charge in [0.25, 0.3) is 0 Å². The van der Waals surface area contributed by atoms with Crippen molar-refractivity contribution in [3.63, 3.8) is 0 Å². The second kappa shape index (κ2) is 4.45. The first-order valence-corrected chi connectivity index (χ1v) is 3.78.